The highest BCUT2D eigenvalue weighted by molar-refractivity contribution is 5.91. The van der Waals surface area contributed by atoms with Crippen LogP contribution in [0.2, 0.25) is 0 Å². The molecule has 2 aromatic carbocycles. The smallest absolute Gasteiger partial charge is 0.420 e. The second kappa shape index (κ2) is 9.67. The van der Waals surface area contributed by atoms with Gasteiger partial charge in [0.1, 0.15) is 11.3 Å². The van der Waals surface area contributed by atoms with Crippen LogP contribution in [0.5, 0.6) is 5.75 Å². The summed E-state index contributed by atoms with van der Waals surface area (Å²) in [5, 5.41) is 9.90. The van der Waals surface area contributed by atoms with Crippen LogP contribution in [-0.2, 0) is 17.5 Å². The Morgan fingerprint density at radius 2 is 1.57 bits per heavy atom. The van der Waals surface area contributed by atoms with Gasteiger partial charge in [0.15, 0.2) is 0 Å². The van der Waals surface area contributed by atoms with Crippen LogP contribution in [0.15, 0.2) is 30.3 Å². The van der Waals surface area contributed by atoms with E-state index in [2.05, 4.69) is 4.90 Å². The predicted molar refractivity (Wildman–Crippen MR) is 124 cm³/mol. The van der Waals surface area contributed by atoms with Crippen LogP contribution < -0.4 is 4.74 Å². The molecule has 3 aliphatic rings. The van der Waals surface area contributed by atoms with Gasteiger partial charge in [-0.25, -0.2) is 0 Å². The Bertz CT molecular complexity index is 1140. The lowest BCUT2D eigenvalue weighted by Crippen LogP contribution is -2.44. The molecule has 37 heavy (non-hydrogen) atoms. The summed E-state index contributed by atoms with van der Waals surface area (Å²) in [6, 6.07) is 7.84. The normalized spacial score (nSPS) is 29.0. The molecule has 1 saturated carbocycles. The molecule has 1 N–H and O–H groups in total. The molecule has 2 heterocycles. The van der Waals surface area contributed by atoms with Crippen LogP contribution >= 0.6 is 0 Å². The summed E-state index contributed by atoms with van der Waals surface area (Å²) in [5.74, 6) is -3.06. The zero-order valence-electron chi connectivity index (χ0n) is 20.1. The molecule has 4 nitrogen and oxygen atoms in total. The summed E-state index contributed by atoms with van der Waals surface area (Å²) in [6.07, 6.45) is -7.38. The Labute approximate surface area is 210 Å². The number of rotatable bonds is 5. The van der Waals surface area contributed by atoms with Crippen LogP contribution in [0, 0.1) is 11.8 Å². The van der Waals surface area contributed by atoms with Gasteiger partial charge >= 0.3 is 18.3 Å². The van der Waals surface area contributed by atoms with Gasteiger partial charge in [0.2, 0.25) is 0 Å². The number of alkyl halides is 6. The Hall–Kier alpha value is -2.49. The van der Waals surface area contributed by atoms with E-state index in [1.165, 1.54) is 6.07 Å². The number of carboxylic acid groups (broad SMARTS) is 1. The molecule has 0 aromatic heterocycles. The first-order valence-electron chi connectivity index (χ1n) is 12.8. The average Bonchev–Trinajstić information content (AvgIpc) is 3.04. The molecule has 0 radical (unpaired) electrons. The fourth-order valence-corrected chi connectivity index (χ4v) is 6.57. The second-order valence-electron chi connectivity index (χ2n) is 10.6. The summed E-state index contributed by atoms with van der Waals surface area (Å²) in [6.45, 7) is 0.266. The second-order valence-corrected chi connectivity index (χ2v) is 10.6. The summed E-state index contributed by atoms with van der Waals surface area (Å²) in [7, 11) is 0. The monoisotopic (exact) mass is 529 g/mol. The summed E-state index contributed by atoms with van der Waals surface area (Å²) < 4.78 is 88.4. The lowest BCUT2D eigenvalue weighted by molar-refractivity contribution is -0.185. The van der Waals surface area contributed by atoms with Gasteiger partial charge in [-0.05, 0) is 68.4 Å². The molecule has 2 aromatic rings. The number of fused-ring (bicyclic) bond motifs is 3. The van der Waals surface area contributed by atoms with E-state index in [0.29, 0.717) is 23.8 Å². The van der Waals surface area contributed by atoms with Gasteiger partial charge in [-0.1, -0.05) is 24.3 Å². The molecule has 3 fully saturated rings. The molecule has 2 aliphatic heterocycles. The Morgan fingerprint density at radius 3 is 2.14 bits per heavy atom. The first kappa shape index (κ1) is 26.1. The van der Waals surface area contributed by atoms with E-state index < -0.39 is 41.8 Å². The van der Waals surface area contributed by atoms with Gasteiger partial charge in [0.05, 0.1) is 17.9 Å². The van der Waals surface area contributed by atoms with Crippen molar-refractivity contribution in [3.05, 3.63) is 41.5 Å². The van der Waals surface area contributed by atoms with Crippen molar-refractivity contribution in [2.75, 3.05) is 0 Å². The van der Waals surface area contributed by atoms with Crippen LogP contribution in [0.1, 0.15) is 62.5 Å². The Balaban J connectivity index is 1.45. The van der Waals surface area contributed by atoms with Crippen molar-refractivity contribution in [2.45, 2.75) is 88.5 Å². The molecule has 0 amide bonds. The van der Waals surface area contributed by atoms with Crippen molar-refractivity contribution in [2.24, 2.45) is 11.8 Å². The fourth-order valence-electron chi connectivity index (χ4n) is 6.57. The van der Waals surface area contributed by atoms with Crippen molar-refractivity contribution in [1.82, 2.24) is 4.90 Å². The van der Waals surface area contributed by atoms with Crippen molar-refractivity contribution in [1.29, 1.82) is 0 Å². The van der Waals surface area contributed by atoms with E-state index in [9.17, 15) is 36.2 Å². The zero-order valence-corrected chi connectivity index (χ0v) is 20.1. The van der Waals surface area contributed by atoms with Crippen molar-refractivity contribution in [3.63, 3.8) is 0 Å². The van der Waals surface area contributed by atoms with Gasteiger partial charge in [-0.3, -0.25) is 9.69 Å². The topological polar surface area (TPSA) is 49.8 Å². The van der Waals surface area contributed by atoms with Crippen LogP contribution in [0.25, 0.3) is 10.8 Å². The highest BCUT2D eigenvalue weighted by Crippen LogP contribution is 2.46. The minimum absolute atomic E-state index is 0.00712. The Morgan fingerprint density at radius 1 is 0.919 bits per heavy atom. The molecule has 2 unspecified atom stereocenters. The van der Waals surface area contributed by atoms with Crippen LogP contribution in [-0.4, -0.2) is 40.3 Å². The maximum atomic E-state index is 14.5. The zero-order chi connectivity index (χ0) is 26.5. The standard InChI is InChI=1S/C27H29F6NO3/c28-26(29,30)18-5-9-21(10-6-18)37-22-11-4-15-2-1-3-16(23(15)24(22)27(31,32)33)14-34-19-7-8-20(34)13-17(12-19)25(35)36/h1-4,11,17-21H,5-10,12-14H2,(H,35,36)/t17?,18-,19?,20?,21+. The largest absolute Gasteiger partial charge is 0.490 e. The minimum Gasteiger partial charge on any atom is -0.490 e. The number of aliphatic carboxylic acids is 1. The first-order chi connectivity index (χ1) is 17.4. The molecule has 2 bridgehead atoms. The summed E-state index contributed by atoms with van der Waals surface area (Å²) >= 11 is 0. The van der Waals surface area contributed by atoms with Crippen molar-refractivity contribution >= 4 is 16.7 Å². The molecule has 202 valence electrons. The number of carboxylic acids is 1. The number of ether oxygens (including phenoxy) is 1. The molecule has 10 heteroatoms. The van der Waals surface area contributed by atoms with Crippen molar-refractivity contribution in [3.8, 4) is 5.75 Å². The quantitative estimate of drug-likeness (QED) is 0.417. The molecule has 5 rings (SSSR count). The van der Waals surface area contributed by atoms with Gasteiger partial charge < -0.3 is 9.84 Å². The number of piperidine rings is 1. The number of hydrogen-bond donors (Lipinski definition) is 1. The minimum atomic E-state index is -4.73. The first-order valence-corrected chi connectivity index (χ1v) is 12.8. The van der Waals surface area contributed by atoms with Crippen LogP contribution in [0.3, 0.4) is 0 Å². The third-order valence-corrected chi connectivity index (χ3v) is 8.39. The van der Waals surface area contributed by atoms with Gasteiger partial charge in [0, 0.05) is 24.0 Å². The van der Waals surface area contributed by atoms with Crippen LogP contribution in [0.4, 0.5) is 26.3 Å². The fraction of sp³-hybridized carbons (Fsp3) is 0.593. The number of carbonyl (C=O) groups is 1. The van der Waals surface area contributed by atoms with Gasteiger partial charge in [-0.2, -0.15) is 26.3 Å². The number of nitrogens with zero attached hydrogens (tertiary/aromatic N) is 1. The maximum absolute atomic E-state index is 14.5. The third kappa shape index (κ3) is 5.26. The molecule has 0 spiro atoms. The van der Waals surface area contributed by atoms with Gasteiger partial charge in [0.25, 0.3) is 0 Å². The average molecular weight is 530 g/mol. The van der Waals surface area contributed by atoms with E-state index in [0.717, 1.165) is 12.8 Å². The van der Waals surface area contributed by atoms with E-state index in [1.54, 1.807) is 24.3 Å². The number of benzene rings is 2. The van der Waals surface area contributed by atoms with Crippen molar-refractivity contribution < 1.29 is 41.0 Å². The van der Waals surface area contributed by atoms with E-state index in [1.807, 2.05) is 0 Å². The number of halogens is 6. The molecular formula is C27H29F6NO3. The third-order valence-electron chi connectivity index (χ3n) is 8.39. The Kier molecular flexibility index (Phi) is 6.83. The SMILES string of the molecule is O=C(O)C1CC2CCC(C1)N2Cc1cccc2ccc(O[C@H]3CC[C@@H](C(F)(F)F)CC3)c(C(F)(F)F)c12. The maximum Gasteiger partial charge on any atom is 0.420 e. The molecule has 2 saturated heterocycles. The van der Waals surface area contributed by atoms with E-state index >= 15 is 0 Å². The molecule has 2 atom stereocenters. The van der Waals surface area contributed by atoms with E-state index in [-0.39, 0.29) is 55.4 Å². The molecule has 1 aliphatic carbocycles. The highest BCUT2D eigenvalue weighted by Gasteiger charge is 2.45. The van der Waals surface area contributed by atoms with E-state index in [4.69, 9.17) is 4.74 Å². The highest BCUT2D eigenvalue weighted by atomic mass is 19.4. The molecular weight excluding hydrogens is 500 g/mol. The lowest BCUT2D eigenvalue weighted by Gasteiger charge is -2.38. The predicted octanol–water partition coefficient (Wildman–Crippen LogP) is 7.19. The summed E-state index contributed by atoms with van der Waals surface area (Å²) in [5.41, 5.74) is -0.409. The lowest BCUT2D eigenvalue weighted by atomic mass is 9.87. The summed E-state index contributed by atoms with van der Waals surface area (Å²) in [4.78, 5) is 13.7. The van der Waals surface area contributed by atoms with Gasteiger partial charge in [-0.15, -0.1) is 0 Å². The number of hydrogen-bond acceptors (Lipinski definition) is 3.